The molecule has 0 fully saturated rings. The lowest BCUT2D eigenvalue weighted by Gasteiger charge is -1.95. The second-order valence-electron chi connectivity index (χ2n) is 3.44. The van der Waals surface area contributed by atoms with E-state index in [4.69, 9.17) is 11.6 Å². The first kappa shape index (κ1) is 11.4. The fourth-order valence-electron chi connectivity index (χ4n) is 1.34. The summed E-state index contributed by atoms with van der Waals surface area (Å²) in [7, 11) is 0. The van der Waals surface area contributed by atoms with Crippen molar-refractivity contribution in [1.29, 1.82) is 0 Å². The molecule has 0 unspecified atom stereocenters. The Bertz CT molecular complexity index is 436. The molecule has 0 bridgehead atoms. The van der Waals surface area contributed by atoms with Crippen molar-refractivity contribution < 1.29 is 0 Å². The van der Waals surface area contributed by atoms with E-state index in [2.05, 4.69) is 40.2 Å². The van der Waals surface area contributed by atoms with Crippen LogP contribution < -0.4 is 0 Å². The second kappa shape index (κ2) is 5.33. The second-order valence-corrected chi connectivity index (χ2v) is 4.79. The Hall–Kier alpha value is -1.05. The number of hydrogen-bond acceptors (Lipinski definition) is 0. The molecule has 0 aliphatic rings. The molecule has 0 saturated heterocycles. The average Bonchev–Trinajstić information content (AvgIpc) is 2.30. The Morgan fingerprint density at radius 1 is 0.750 bits per heavy atom. The normalized spacial score (nSPS) is 10.9. The highest BCUT2D eigenvalue weighted by Crippen LogP contribution is 2.14. The van der Waals surface area contributed by atoms with E-state index >= 15 is 0 Å². The number of benzene rings is 2. The molecule has 0 saturated carbocycles. The van der Waals surface area contributed by atoms with Crippen molar-refractivity contribution in [3.8, 4) is 0 Å². The summed E-state index contributed by atoms with van der Waals surface area (Å²) in [6.45, 7) is 0. The van der Waals surface area contributed by atoms with Crippen molar-refractivity contribution in [3.63, 3.8) is 0 Å². The van der Waals surface area contributed by atoms with Gasteiger partial charge in [-0.05, 0) is 35.4 Å². The van der Waals surface area contributed by atoms with Crippen LogP contribution in [0.4, 0.5) is 0 Å². The molecule has 80 valence electrons. The lowest BCUT2D eigenvalue weighted by Crippen LogP contribution is -1.72. The van der Waals surface area contributed by atoms with Crippen LogP contribution in [0.3, 0.4) is 0 Å². The van der Waals surface area contributed by atoms with E-state index in [1.165, 1.54) is 5.56 Å². The van der Waals surface area contributed by atoms with Crippen molar-refractivity contribution in [2.75, 3.05) is 0 Å². The molecule has 0 atom stereocenters. The molecule has 0 N–H and O–H groups in total. The van der Waals surface area contributed by atoms with Crippen LogP contribution in [0, 0.1) is 0 Å². The van der Waals surface area contributed by atoms with E-state index in [0.717, 1.165) is 15.1 Å². The predicted octanol–water partition coefficient (Wildman–Crippen LogP) is 5.27. The van der Waals surface area contributed by atoms with E-state index < -0.39 is 0 Å². The van der Waals surface area contributed by atoms with Crippen LogP contribution in [0.1, 0.15) is 11.1 Å². The van der Waals surface area contributed by atoms with Crippen LogP contribution in [0.5, 0.6) is 0 Å². The fourth-order valence-corrected chi connectivity index (χ4v) is 1.73. The Balaban J connectivity index is 2.15. The Labute approximate surface area is 109 Å². The van der Waals surface area contributed by atoms with E-state index in [0.29, 0.717) is 0 Å². The van der Waals surface area contributed by atoms with Gasteiger partial charge in [0, 0.05) is 9.50 Å². The number of rotatable bonds is 2. The molecule has 2 aromatic carbocycles. The lowest BCUT2D eigenvalue weighted by atomic mass is 10.1. The largest absolute Gasteiger partial charge is 0.0843 e. The van der Waals surface area contributed by atoms with Gasteiger partial charge in [0.25, 0.3) is 0 Å². The van der Waals surface area contributed by atoms with Gasteiger partial charge in [-0.2, -0.15) is 0 Å². The quantitative estimate of drug-likeness (QED) is 0.661. The van der Waals surface area contributed by atoms with Crippen molar-refractivity contribution in [2.24, 2.45) is 0 Å². The standard InChI is InChI=1S/C14H10BrCl/c15-13-7-3-11(4-8-13)1-2-12-5-9-14(16)10-6-12/h1-10H. The topological polar surface area (TPSA) is 0 Å². The van der Waals surface area contributed by atoms with Crippen LogP contribution in [0.15, 0.2) is 53.0 Å². The van der Waals surface area contributed by atoms with Gasteiger partial charge in [0.1, 0.15) is 0 Å². The Morgan fingerprint density at radius 3 is 1.69 bits per heavy atom. The van der Waals surface area contributed by atoms with Crippen LogP contribution >= 0.6 is 27.5 Å². The maximum Gasteiger partial charge on any atom is 0.0406 e. The first-order valence-electron chi connectivity index (χ1n) is 4.93. The Kier molecular flexibility index (Phi) is 3.81. The third-order valence-electron chi connectivity index (χ3n) is 2.21. The molecular weight excluding hydrogens is 284 g/mol. The predicted molar refractivity (Wildman–Crippen MR) is 74.5 cm³/mol. The average molecular weight is 294 g/mol. The molecular formula is C14H10BrCl. The van der Waals surface area contributed by atoms with E-state index in [-0.39, 0.29) is 0 Å². The van der Waals surface area contributed by atoms with Gasteiger partial charge in [-0.3, -0.25) is 0 Å². The van der Waals surface area contributed by atoms with Gasteiger partial charge < -0.3 is 0 Å². The summed E-state index contributed by atoms with van der Waals surface area (Å²) in [6, 6.07) is 16.0. The molecule has 0 aliphatic heterocycles. The summed E-state index contributed by atoms with van der Waals surface area (Å²) in [5.74, 6) is 0. The highest BCUT2D eigenvalue weighted by Gasteiger charge is 1.89. The zero-order chi connectivity index (χ0) is 11.4. The molecule has 2 heteroatoms. The maximum atomic E-state index is 5.82. The molecule has 0 aliphatic carbocycles. The van der Waals surface area contributed by atoms with Crippen molar-refractivity contribution >= 4 is 39.7 Å². The molecule has 0 amide bonds. The van der Waals surface area contributed by atoms with Crippen LogP contribution in [-0.4, -0.2) is 0 Å². The summed E-state index contributed by atoms with van der Waals surface area (Å²) in [4.78, 5) is 0. The zero-order valence-corrected chi connectivity index (χ0v) is 10.9. The smallest absolute Gasteiger partial charge is 0.0406 e. The summed E-state index contributed by atoms with van der Waals surface area (Å²) in [5, 5.41) is 0.765. The first-order chi connectivity index (χ1) is 7.74. The molecule has 0 heterocycles. The molecule has 2 aromatic rings. The van der Waals surface area contributed by atoms with Crippen molar-refractivity contribution in [2.45, 2.75) is 0 Å². The maximum absolute atomic E-state index is 5.82. The lowest BCUT2D eigenvalue weighted by molar-refractivity contribution is 1.61. The van der Waals surface area contributed by atoms with Gasteiger partial charge >= 0.3 is 0 Å². The fraction of sp³-hybridized carbons (Fsp3) is 0. The first-order valence-corrected chi connectivity index (χ1v) is 6.10. The van der Waals surface area contributed by atoms with Crippen molar-refractivity contribution in [1.82, 2.24) is 0 Å². The molecule has 0 aromatic heterocycles. The highest BCUT2D eigenvalue weighted by molar-refractivity contribution is 9.10. The van der Waals surface area contributed by atoms with Gasteiger partial charge in [0.2, 0.25) is 0 Å². The number of halogens is 2. The van der Waals surface area contributed by atoms with E-state index in [1.807, 2.05) is 36.4 Å². The minimum Gasteiger partial charge on any atom is -0.0843 e. The van der Waals surface area contributed by atoms with E-state index in [9.17, 15) is 0 Å². The third-order valence-corrected chi connectivity index (χ3v) is 2.99. The van der Waals surface area contributed by atoms with Gasteiger partial charge in [0.15, 0.2) is 0 Å². The summed E-state index contributed by atoms with van der Waals surface area (Å²) in [6.07, 6.45) is 4.15. The van der Waals surface area contributed by atoms with Gasteiger partial charge in [-0.15, -0.1) is 0 Å². The van der Waals surface area contributed by atoms with E-state index in [1.54, 1.807) is 0 Å². The molecule has 0 spiro atoms. The highest BCUT2D eigenvalue weighted by atomic mass is 79.9. The van der Waals surface area contributed by atoms with Gasteiger partial charge in [-0.25, -0.2) is 0 Å². The molecule has 0 radical (unpaired) electrons. The summed E-state index contributed by atoms with van der Waals surface area (Å²) >= 11 is 9.23. The SMILES string of the molecule is Clc1ccc(C=Cc2ccc(Br)cc2)cc1. The van der Waals surface area contributed by atoms with Gasteiger partial charge in [-0.1, -0.05) is 63.9 Å². The van der Waals surface area contributed by atoms with Crippen LogP contribution in [-0.2, 0) is 0 Å². The minimum atomic E-state index is 0.765. The molecule has 2 rings (SSSR count). The zero-order valence-electron chi connectivity index (χ0n) is 8.53. The van der Waals surface area contributed by atoms with Crippen LogP contribution in [0.25, 0.3) is 12.2 Å². The summed E-state index contributed by atoms with van der Waals surface area (Å²) < 4.78 is 1.09. The molecule has 16 heavy (non-hydrogen) atoms. The van der Waals surface area contributed by atoms with Crippen LogP contribution in [0.2, 0.25) is 5.02 Å². The van der Waals surface area contributed by atoms with Crippen molar-refractivity contribution in [3.05, 3.63) is 69.2 Å². The number of hydrogen-bond donors (Lipinski definition) is 0. The monoisotopic (exact) mass is 292 g/mol. The molecule has 0 nitrogen and oxygen atoms in total. The third kappa shape index (κ3) is 3.22. The Morgan fingerprint density at radius 2 is 1.19 bits per heavy atom. The van der Waals surface area contributed by atoms with Gasteiger partial charge in [0.05, 0.1) is 0 Å². The summed E-state index contributed by atoms with van der Waals surface area (Å²) in [5.41, 5.74) is 2.32. The minimum absolute atomic E-state index is 0.765.